The van der Waals surface area contributed by atoms with E-state index in [4.69, 9.17) is 9.47 Å². The van der Waals surface area contributed by atoms with Crippen molar-refractivity contribution in [3.05, 3.63) is 70.2 Å². The number of nitrogens with zero attached hydrogens (tertiary/aromatic N) is 3. The molecule has 0 unspecified atom stereocenters. The molecule has 9 heteroatoms. The molecule has 0 aliphatic carbocycles. The summed E-state index contributed by atoms with van der Waals surface area (Å²) in [6.45, 7) is 8.40. The smallest absolute Gasteiger partial charge is 0.410 e. The molecule has 2 saturated heterocycles. The number of rotatable bonds is 5. The number of hydrogen-bond acceptors (Lipinski definition) is 5. The van der Waals surface area contributed by atoms with E-state index in [-0.39, 0.29) is 24.0 Å². The Morgan fingerprint density at radius 1 is 0.865 bits per heavy atom. The molecule has 37 heavy (non-hydrogen) atoms. The summed E-state index contributed by atoms with van der Waals surface area (Å²) in [5, 5.41) is 0. The zero-order valence-corrected chi connectivity index (χ0v) is 22.9. The lowest BCUT2D eigenvalue weighted by Crippen LogP contribution is -2.57. The van der Waals surface area contributed by atoms with Gasteiger partial charge in [0.15, 0.2) is 0 Å². The molecule has 2 aliphatic heterocycles. The molecule has 196 valence electrons. The van der Waals surface area contributed by atoms with Crippen molar-refractivity contribution in [2.75, 3.05) is 39.3 Å². The first-order valence-electron chi connectivity index (χ1n) is 12.3. The monoisotopic (exact) mass is 569 g/mol. The maximum absolute atomic E-state index is 13.0. The third kappa shape index (κ3) is 7.35. The number of hydrogen-bond donors (Lipinski definition) is 0. The van der Waals surface area contributed by atoms with Gasteiger partial charge in [0, 0.05) is 42.3 Å². The Bertz CT molecular complexity index is 1140. The van der Waals surface area contributed by atoms with Crippen LogP contribution in [0, 0.1) is 0 Å². The van der Waals surface area contributed by atoms with E-state index in [1.807, 2.05) is 45.0 Å². The van der Waals surface area contributed by atoms with Crippen molar-refractivity contribution >= 4 is 39.9 Å². The van der Waals surface area contributed by atoms with Crippen molar-refractivity contribution in [3.63, 3.8) is 0 Å². The van der Waals surface area contributed by atoms with Crippen molar-refractivity contribution < 1.29 is 23.9 Å². The number of halogens is 1. The fraction of sp³-hybridized carbons (Fsp3) is 0.393. The molecule has 2 aromatic carbocycles. The Labute approximate surface area is 225 Å². The lowest BCUT2D eigenvalue weighted by Gasteiger charge is -2.39. The fourth-order valence-electron chi connectivity index (χ4n) is 4.02. The number of benzene rings is 2. The van der Waals surface area contributed by atoms with E-state index < -0.39 is 5.60 Å². The first-order chi connectivity index (χ1) is 17.6. The standard InChI is InChI=1S/C28H32BrN3O5/c1-28(2,3)37-27(35)32-18-24(19-32)36-23-11-7-21(8-12-23)26(34)31-16-14-30(15-17-31)25(33)13-6-20-4-9-22(29)10-5-20/h4-13,24H,14-19H2,1-3H3/b13-6+. The molecular formula is C28H32BrN3O5. The number of carbonyl (C=O) groups is 3. The summed E-state index contributed by atoms with van der Waals surface area (Å²) in [5.41, 5.74) is 1.01. The van der Waals surface area contributed by atoms with Gasteiger partial charge in [-0.15, -0.1) is 0 Å². The maximum atomic E-state index is 13.0. The van der Waals surface area contributed by atoms with Crippen LogP contribution in [0.1, 0.15) is 36.7 Å². The summed E-state index contributed by atoms with van der Waals surface area (Å²) >= 11 is 3.40. The molecule has 0 spiro atoms. The summed E-state index contributed by atoms with van der Waals surface area (Å²) in [4.78, 5) is 42.7. The summed E-state index contributed by atoms with van der Waals surface area (Å²) < 4.78 is 12.3. The third-order valence-electron chi connectivity index (χ3n) is 6.07. The van der Waals surface area contributed by atoms with Gasteiger partial charge in [-0.1, -0.05) is 28.1 Å². The Kier molecular flexibility index (Phi) is 8.22. The molecule has 0 aromatic heterocycles. The molecule has 2 heterocycles. The lowest BCUT2D eigenvalue weighted by molar-refractivity contribution is -0.127. The van der Waals surface area contributed by atoms with Gasteiger partial charge < -0.3 is 24.2 Å². The first-order valence-corrected chi connectivity index (χ1v) is 13.1. The number of amides is 3. The summed E-state index contributed by atoms with van der Waals surface area (Å²) in [7, 11) is 0. The van der Waals surface area contributed by atoms with Crippen LogP contribution in [-0.4, -0.2) is 83.6 Å². The molecule has 2 fully saturated rings. The van der Waals surface area contributed by atoms with Crippen LogP contribution in [0.3, 0.4) is 0 Å². The Hall–Kier alpha value is -3.33. The number of ether oxygens (including phenoxy) is 2. The predicted molar refractivity (Wildman–Crippen MR) is 144 cm³/mol. The highest BCUT2D eigenvalue weighted by Gasteiger charge is 2.35. The van der Waals surface area contributed by atoms with Gasteiger partial charge in [0.05, 0.1) is 13.1 Å². The molecule has 0 atom stereocenters. The third-order valence-corrected chi connectivity index (χ3v) is 6.60. The predicted octanol–water partition coefficient (Wildman–Crippen LogP) is 4.45. The van der Waals surface area contributed by atoms with Crippen LogP contribution in [0.25, 0.3) is 6.08 Å². The van der Waals surface area contributed by atoms with Crippen LogP contribution in [0.15, 0.2) is 59.1 Å². The van der Waals surface area contributed by atoms with Gasteiger partial charge in [0.1, 0.15) is 17.5 Å². The summed E-state index contributed by atoms with van der Waals surface area (Å²) in [6, 6.07) is 14.8. The van der Waals surface area contributed by atoms with Gasteiger partial charge >= 0.3 is 6.09 Å². The van der Waals surface area contributed by atoms with E-state index >= 15 is 0 Å². The van der Waals surface area contributed by atoms with Gasteiger partial charge in [-0.3, -0.25) is 9.59 Å². The van der Waals surface area contributed by atoms with Gasteiger partial charge in [0.2, 0.25) is 5.91 Å². The van der Waals surface area contributed by atoms with Crippen molar-refractivity contribution in [1.29, 1.82) is 0 Å². The van der Waals surface area contributed by atoms with Gasteiger partial charge in [-0.2, -0.15) is 0 Å². The first kappa shape index (κ1) is 26.7. The molecule has 4 rings (SSSR count). The van der Waals surface area contributed by atoms with Gasteiger partial charge in [-0.05, 0) is 68.8 Å². The van der Waals surface area contributed by atoms with Gasteiger partial charge in [-0.25, -0.2) is 4.79 Å². The molecular weight excluding hydrogens is 538 g/mol. The number of likely N-dealkylation sites (tertiary alicyclic amines) is 1. The van der Waals surface area contributed by atoms with Crippen molar-refractivity contribution in [2.45, 2.75) is 32.5 Å². The van der Waals surface area contributed by atoms with Crippen molar-refractivity contribution in [3.8, 4) is 5.75 Å². The Morgan fingerprint density at radius 2 is 1.46 bits per heavy atom. The second-order valence-corrected chi connectivity index (χ2v) is 11.1. The molecule has 3 amide bonds. The van der Waals surface area contributed by atoms with Crippen molar-refractivity contribution in [2.24, 2.45) is 0 Å². The maximum Gasteiger partial charge on any atom is 0.410 e. The fourth-order valence-corrected chi connectivity index (χ4v) is 4.28. The molecule has 2 aliphatic rings. The van der Waals surface area contributed by atoms with Crippen LogP contribution in [0.2, 0.25) is 0 Å². The highest BCUT2D eigenvalue weighted by Crippen LogP contribution is 2.22. The molecule has 0 bridgehead atoms. The topological polar surface area (TPSA) is 79.4 Å². The van der Waals surface area contributed by atoms with Crippen LogP contribution in [-0.2, 0) is 9.53 Å². The Balaban J connectivity index is 1.21. The second kappa shape index (κ2) is 11.4. The molecule has 8 nitrogen and oxygen atoms in total. The van der Waals surface area contributed by atoms with E-state index in [0.717, 1.165) is 10.0 Å². The number of carbonyl (C=O) groups excluding carboxylic acids is 3. The second-order valence-electron chi connectivity index (χ2n) is 10.2. The van der Waals surface area contributed by atoms with Crippen molar-refractivity contribution in [1.82, 2.24) is 14.7 Å². The average Bonchev–Trinajstić information content (AvgIpc) is 2.84. The van der Waals surface area contributed by atoms with E-state index in [2.05, 4.69) is 15.9 Å². The minimum absolute atomic E-state index is 0.0576. The minimum Gasteiger partial charge on any atom is -0.487 e. The van der Waals surface area contributed by atoms with E-state index in [1.54, 1.807) is 51.1 Å². The van der Waals surface area contributed by atoms with E-state index in [1.165, 1.54) is 0 Å². The average molecular weight is 570 g/mol. The highest BCUT2D eigenvalue weighted by molar-refractivity contribution is 9.10. The summed E-state index contributed by atoms with van der Waals surface area (Å²) in [5.74, 6) is 0.528. The molecule has 2 aromatic rings. The lowest BCUT2D eigenvalue weighted by atomic mass is 10.1. The Morgan fingerprint density at radius 3 is 2.05 bits per heavy atom. The summed E-state index contributed by atoms with van der Waals surface area (Å²) in [6.07, 6.45) is 2.94. The van der Waals surface area contributed by atoms with Gasteiger partial charge in [0.25, 0.3) is 5.91 Å². The molecule has 0 radical (unpaired) electrons. The largest absolute Gasteiger partial charge is 0.487 e. The molecule has 0 N–H and O–H groups in total. The van der Waals surface area contributed by atoms with Crippen LogP contribution < -0.4 is 4.74 Å². The van der Waals surface area contributed by atoms with E-state index in [0.29, 0.717) is 50.6 Å². The van der Waals surface area contributed by atoms with Crippen LogP contribution in [0.5, 0.6) is 5.75 Å². The SMILES string of the molecule is CC(C)(C)OC(=O)N1CC(Oc2ccc(C(=O)N3CCN(C(=O)/C=C/c4ccc(Br)cc4)CC3)cc2)C1. The zero-order valence-electron chi connectivity index (χ0n) is 21.4. The quantitative estimate of drug-likeness (QED) is 0.497. The minimum atomic E-state index is -0.523. The zero-order chi connectivity index (χ0) is 26.6. The van der Waals surface area contributed by atoms with Crippen LogP contribution in [0.4, 0.5) is 4.79 Å². The highest BCUT2D eigenvalue weighted by atomic mass is 79.9. The number of piperazine rings is 1. The normalized spacial score (nSPS) is 16.5. The molecule has 0 saturated carbocycles. The van der Waals surface area contributed by atoms with E-state index in [9.17, 15) is 14.4 Å². The van der Waals surface area contributed by atoms with Crippen LogP contribution >= 0.6 is 15.9 Å².